The van der Waals surface area contributed by atoms with E-state index in [1.54, 1.807) is 11.1 Å². The molecule has 30 heavy (non-hydrogen) atoms. The van der Waals surface area contributed by atoms with Gasteiger partial charge in [-0.05, 0) is 96.3 Å². The van der Waals surface area contributed by atoms with E-state index in [9.17, 15) is 4.79 Å². The van der Waals surface area contributed by atoms with Crippen molar-refractivity contribution in [2.45, 2.75) is 57.0 Å². The maximum atomic E-state index is 12.6. The zero-order chi connectivity index (χ0) is 20.9. The molecule has 3 aliphatic rings. The molecule has 1 aromatic carbocycles. The SMILES string of the molecule is CN(C)CCCNC(=O)C1CCCN(C2CCN(C3Cc4ccccc4C3)CC2)C1. The van der Waals surface area contributed by atoms with Crippen molar-refractivity contribution >= 4 is 5.91 Å². The number of likely N-dealkylation sites (tertiary alicyclic amines) is 2. The second kappa shape index (κ2) is 10.3. The molecule has 1 aliphatic carbocycles. The van der Waals surface area contributed by atoms with Gasteiger partial charge in [-0.25, -0.2) is 0 Å². The standard InChI is InChI=1S/C25H40N4O/c1-27(2)13-6-12-26-25(30)22-9-5-14-29(19-22)23-10-15-28(16-11-23)24-17-20-7-3-4-8-21(20)18-24/h3-4,7-8,22-24H,5-6,9-19H2,1-2H3,(H,26,30). The molecule has 0 bridgehead atoms. The molecule has 0 saturated carbocycles. The normalized spacial score (nSPS) is 24.3. The molecule has 0 radical (unpaired) electrons. The van der Waals surface area contributed by atoms with Gasteiger partial charge >= 0.3 is 0 Å². The second-order valence-corrected chi connectivity index (χ2v) is 9.88. The van der Waals surface area contributed by atoms with Crippen molar-refractivity contribution in [2.24, 2.45) is 5.92 Å². The van der Waals surface area contributed by atoms with Gasteiger partial charge in [0.05, 0.1) is 5.92 Å². The molecule has 5 heteroatoms. The van der Waals surface area contributed by atoms with Gasteiger partial charge in [-0.2, -0.15) is 0 Å². The summed E-state index contributed by atoms with van der Waals surface area (Å²) in [5, 5.41) is 3.18. The number of hydrogen-bond donors (Lipinski definition) is 1. The highest BCUT2D eigenvalue weighted by atomic mass is 16.1. The number of benzene rings is 1. The van der Waals surface area contributed by atoms with E-state index in [0.29, 0.717) is 12.1 Å². The number of carbonyl (C=O) groups is 1. The Balaban J connectivity index is 1.20. The van der Waals surface area contributed by atoms with Crippen LogP contribution in [-0.4, -0.2) is 86.1 Å². The van der Waals surface area contributed by atoms with E-state index < -0.39 is 0 Å². The van der Waals surface area contributed by atoms with Gasteiger partial charge in [-0.1, -0.05) is 24.3 Å². The lowest BCUT2D eigenvalue weighted by molar-refractivity contribution is -0.127. The molecule has 0 spiro atoms. The van der Waals surface area contributed by atoms with Crippen molar-refractivity contribution in [2.75, 3.05) is 53.4 Å². The van der Waals surface area contributed by atoms with Crippen LogP contribution in [0.25, 0.3) is 0 Å². The van der Waals surface area contributed by atoms with Gasteiger partial charge in [0.25, 0.3) is 0 Å². The predicted octanol–water partition coefficient (Wildman–Crippen LogP) is 2.40. The van der Waals surface area contributed by atoms with Crippen LogP contribution in [-0.2, 0) is 17.6 Å². The van der Waals surface area contributed by atoms with Gasteiger partial charge in [0.15, 0.2) is 0 Å². The smallest absolute Gasteiger partial charge is 0.224 e. The van der Waals surface area contributed by atoms with Crippen LogP contribution in [0.3, 0.4) is 0 Å². The molecule has 2 aliphatic heterocycles. The van der Waals surface area contributed by atoms with E-state index in [0.717, 1.165) is 38.9 Å². The minimum Gasteiger partial charge on any atom is -0.356 e. The zero-order valence-corrected chi connectivity index (χ0v) is 19.0. The summed E-state index contributed by atoms with van der Waals surface area (Å²) in [6, 6.07) is 10.3. The summed E-state index contributed by atoms with van der Waals surface area (Å²) < 4.78 is 0. The lowest BCUT2D eigenvalue weighted by Gasteiger charge is -2.43. The summed E-state index contributed by atoms with van der Waals surface area (Å²) in [5.74, 6) is 0.458. The van der Waals surface area contributed by atoms with Crippen molar-refractivity contribution < 1.29 is 4.79 Å². The summed E-state index contributed by atoms with van der Waals surface area (Å²) in [6.45, 7) is 6.38. The number of fused-ring (bicyclic) bond motifs is 1. The summed E-state index contributed by atoms with van der Waals surface area (Å²) in [7, 11) is 4.16. The lowest BCUT2D eigenvalue weighted by Crippen LogP contribution is -2.52. The molecule has 166 valence electrons. The quantitative estimate of drug-likeness (QED) is 0.698. The molecular formula is C25H40N4O. The van der Waals surface area contributed by atoms with Crippen LogP contribution < -0.4 is 5.32 Å². The third-order valence-electron chi connectivity index (χ3n) is 7.47. The molecule has 1 amide bonds. The van der Waals surface area contributed by atoms with Crippen molar-refractivity contribution in [1.82, 2.24) is 20.0 Å². The van der Waals surface area contributed by atoms with Gasteiger partial charge in [0.2, 0.25) is 5.91 Å². The molecule has 2 fully saturated rings. The largest absolute Gasteiger partial charge is 0.356 e. The summed E-state index contributed by atoms with van der Waals surface area (Å²) in [5.41, 5.74) is 3.11. The van der Waals surface area contributed by atoms with Crippen molar-refractivity contribution in [3.63, 3.8) is 0 Å². The van der Waals surface area contributed by atoms with Crippen LogP contribution in [0.1, 0.15) is 43.2 Å². The minimum absolute atomic E-state index is 0.181. The molecule has 5 nitrogen and oxygen atoms in total. The number of rotatable bonds is 7. The first kappa shape index (κ1) is 21.8. The Hall–Kier alpha value is -1.43. The highest BCUT2D eigenvalue weighted by Crippen LogP contribution is 2.29. The first-order valence-electron chi connectivity index (χ1n) is 12.1. The molecular weight excluding hydrogens is 372 g/mol. The van der Waals surface area contributed by atoms with Crippen LogP contribution in [0.4, 0.5) is 0 Å². The van der Waals surface area contributed by atoms with Gasteiger partial charge in [0.1, 0.15) is 0 Å². The Morgan fingerprint density at radius 3 is 2.37 bits per heavy atom. The third kappa shape index (κ3) is 5.43. The van der Waals surface area contributed by atoms with Gasteiger partial charge in [-0.3, -0.25) is 14.6 Å². The van der Waals surface area contributed by atoms with Gasteiger partial charge in [-0.15, -0.1) is 0 Å². The highest BCUT2D eigenvalue weighted by molar-refractivity contribution is 5.78. The van der Waals surface area contributed by atoms with E-state index >= 15 is 0 Å². The average molecular weight is 413 g/mol. The maximum absolute atomic E-state index is 12.6. The topological polar surface area (TPSA) is 38.8 Å². The number of carbonyl (C=O) groups excluding carboxylic acids is 1. The van der Waals surface area contributed by atoms with E-state index in [1.165, 1.54) is 45.3 Å². The number of hydrogen-bond acceptors (Lipinski definition) is 4. The molecule has 1 unspecified atom stereocenters. The molecule has 1 aromatic rings. The predicted molar refractivity (Wildman–Crippen MR) is 123 cm³/mol. The van der Waals surface area contributed by atoms with Crippen molar-refractivity contribution in [3.8, 4) is 0 Å². The Morgan fingerprint density at radius 2 is 1.70 bits per heavy atom. The Morgan fingerprint density at radius 1 is 1.00 bits per heavy atom. The molecule has 1 N–H and O–H groups in total. The van der Waals surface area contributed by atoms with Gasteiger partial charge < -0.3 is 10.2 Å². The Bertz CT molecular complexity index is 673. The van der Waals surface area contributed by atoms with Crippen LogP contribution >= 0.6 is 0 Å². The van der Waals surface area contributed by atoms with E-state index in [-0.39, 0.29) is 11.8 Å². The molecule has 0 aromatic heterocycles. The van der Waals surface area contributed by atoms with E-state index in [1.807, 2.05) is 0 Å². The number of piperidine rings is 2. The highest BCUT2D eigenvalue weighted by Gasteiger charge is 2.34. The van der Waals surface area contributed by atoms with Crippen LogP contribution in [0, 0.1) is 5.92 Å². The second-order valence-electron chi connectivity index (χ2n) is 9.88. The monoisotopic (exact) mass is 412 g/mol. The number of nitrogens with one attached hydrogen (secondary N) is 1. The third-order valence-corrected chi connectivity index (χ3v) is 7.47. The average Bonchev–Trinajstić information content (AvgIpc) is 3.21. The van der Waals surface area contributed by atoms with Crippen LogP contribution in [0.5, 0.6) is 0 Å². The molecule has 2 heterocycles. The summed E-state index contributed by atoms with van der Waals surface area (Å²) in [4.78, 5) is 20.2. The molecule has 2 saturated heterocycles. The number of nitrogens with zero attached hydrogens (tertiary/aromatic N) is 3. The fraction of sp³-hybridized carbons (Fsp3) is 0.720. The van der Waals surface area contributed by atoms with E-state index in [4.69, 9.17) is 0 Å². The summed E-state index contributed by atoms with van der Waals surface area (Å²) >= 11 is 0. The van der Waals surface area contributed by atoms with Crippen molar-refractivity contribution in [1.29, 1.82) is 0 Å². The fourth-order valence-corrected chi connectivity index (χ4v) is 5.71. The molecule has 1 atom stereocenters. The number of amides is 1. The Labute approximate surface area is 182 Å². The van der Waals surface area contributed by atoms with E-state index in [2.05, 4.69) is 58.4 Å². The first-order chi connectivity index (χ1) is 14.6. The van der Waals surface area contributed by atoms with Crippen LogP contribution in [0.2, 0.25) is 0 Å². The van der Waals surface area contributed by atoms with Crippen molar-refractivity contribution in [3.05, 3.63) is 35.4 Å². The maximum Gasteiger partial charge on any atom is 0.224 e. The zero-order valence-electron chi connectivity index (χ0n) is 19.0. The fourth-order valence-electron chi connectivity index (χ4n) is 5.71. The Kier molecular flexibility index (Phi) is 7.45. The molecule has 4 rings (SSSR count). The summed E-state index contributed by atoms with van der Waals surface area (Å²) in [6.07, 6.45) is 8.19. The lowest BCUT2D eigenvalue weighted by atomic mass is 9.92. The van der Waals surface area contributed by atoms with Gasteiger partial charge in [0, 0.05) is 25.2 Å². The van der Waals surface area contributed by atoms with Crippen LogP contribution in [0.15, 0.2) is 24.3 Å². The minimum atomic E-state index is 0.181. The first-order valence-corrected chi connectivity index (χ1v) is 12.1.